The van der Waals surface area contributed by atoms with Crippen molar-refractivity contribution in [3.05, 3.63) is 11.8 Å². The summed E-state index contributed by atoms with van der Waals surface area (Å²) >= 11 is 0. The molecule has 25 nitrogen and oxygen atoms in total. The molecule has 0 aromatic rings. The lowest BCUT2D eigenvalue weighted by atomic mass is 9.82. The van der Waals surface area contributed by atoms with Gasteiger partial charge in [-0.1, -0.05) is 0 Å². The number of aliphatic hydroxyl groups is 4. The molecule has 5 amide bonds. The maximum atomic E-state index is 13.8. The van der Waals surface area contributed by atoms with Crippen LogP contribution in [0.25, 0.3) is 0 Å². The summed E-state index contributed by atoms with van der Waals surface area (Å²) in [5.74, 6) is -1.59. The Morgan fingerprint density at radius 2 is 1.26 bits per heavy atom. The van der Waals surface area contributed by atoms with Crippen LogP contribution in [0.1, 0.15) is 117 Å². The van der Waals surface area contributed by atoms with Crippen LogP contribution in [0, 0.1) is 0 Å². The molecule has 3 heterocycles. The topological polar surface area (TPSA) is 322 Å². The van der Waals surface area contributed by atoms with Crippen LogP contribution in [0.3, 0.4) is 0 Å². The fourth-order valence-corrected chi connectivity index (χ4v) is 8.21. The highest BCUT2D eigenvalue weighted by atomic mass is 16.7. The van der Waals surface area contributed by atoms with Crippen molar-refractivity contribution in [2.75, 3.05) is 33.4 Å². The number of carbonyl (C=O) groups is 5. The molecule has 1 aliphatic carbocycles. The Labute approximate surface area is 421 Å². The van der Waals surface area contributed by atoms with E-state index in [4.69, 9.17) is 47.4 Å². The van der Waals surface area contributed by atoms with E-state index in [1.165, 1.54) is 14.0 Å². The summed E-state index contributed by atoms with van der Waals surface area (Å²) in [5, 5.41) is 60.3. The van der Waals surface area contributed by atoms with Crippen LogP contribution in [0.15, 0.2) is 11.8 Å². The van der Waals surface area contributed by atoms with Gasteiger partial charge < -0.3 is 94.0 Å². The number of nitrogens with zero attached hydrogens (tertiary/aromatic N) is 1. The lowest BCUT2D eigenvalue weighted by Gasteiger charge is -2.50. The van der Waals surface area contributed by atoms with E-state index in [1.54, 1.807) is 103 Å². The first-order valence-electron chi connectivity index (χ1n) is 24.1. The van der Waals surface area contributed by atoms with Gasteiger partial charge in [-0.15, -0.1) is 0 Å². The van der Waals surface area contributed by atoms with Crippen molar-refractivity contribution in [3.63, 3.8) is 0 Å². The van der Waals surface area contributed by atoms with Crippen LogP contribution in [-0.2, 0) is 52.2 Å². The highest BCUT2D eigenvalue weighted by Crippen LogP contribution is 2.35. The van der Waals surface area contributed by atoms with E-state index in [2.05, 4.69) is 21.3 Å². The van der Waals surface area contributed by atoms with Crippen LogP contribution >= 0.6 is 0 Å². The van der Waals surface area contributed by atoms with E-state index >= 15 is 0 Å². The Morgan fingerprint density at radius 1 is 0.750 bits per heavy atom. The molecule has 4 rings (SSSR count). The van der Waals surface area contributed by atoms with Crippen molar-refractivity contribution < 1.29 is 91.8 Å². The van der Waals surface area contributed by atoms with Crippen molar-refractivity contribution in [1.82, 2.24) is 31.5 Å². The highest BCUT2D eigenvalue weighted by molar-refractivity contribution is 5.84. The van der Waals surface area contributed by atoms with E-state index in [0.29, 0.717) is 18.9 Å². The number of aliphatic hydroxyl groups excluding tert-OH is 3. The molecular weight excluding hydrogens is 953 g/mol. The average molecular weight is 1040 g/mol. The molecule has 13 atom stereocenters. The number of nitrogens with one attached hydrogen (secondary N) is 5. The third-order valence-electron chi connectivity index (χ3n) is 11.0. The molecule has 0 unspecified atom stereocenters. The van der Waals surface area contributed by atoms with Crippen LogP contribution in [0.5, 0.6) is 0 Å². The van der Waals surface area contributed by atoms with Crippen LogP contribution < -0.4 is 26.6 Å². The summed E-state index contributed by atoms with van der Waals surface area (Å²) in [4.78, 5) is 67.5. The van der Waals surface area contributed by atoms with Gasteiger partial charge in [-0.25, -0.2) is 19.2 Å². The first-order chi connectivity index (χ1) is 32.8. The third kappa shape index (κ3) is 18.6. The number of alkyl carbamates (subject to hydrolysis) is 3. The number of likely N-dealkylation sites (N-methyl/N-ethyl adjacent to an activating group) is 1. The molecule has 0 spiro atoms. The van der Waals surface area contributed by atoms with Gasteiger partial charge in [0.2, 0.25) is 12.5 Å². The Morgan fingerprint density at radius 3 is 1.79 bits per heavy atom. The van der Waals surface area contributed by atoms with Gasteiger partial charge in [0.1, 0.15) is 58.2 Å². The number of amides is 5. The minimum absolute atomic E-state index is 0.125. The smallest absolute Gasteiger partial charge is 0.410 e. The standard InChI is InChI=1S/C47H82N6O19/c1-42(2,3)69-38(58)50-26-18-17-24(20-48-21-25-22-64-46(13,14)68-25)65-36(26)66-32-28(51-39(59)70-43(4,5)6)19-27(49-34(56)35(57)52-40(60)71-44(7,8)9)31(29(32)54)67-37-30(55)33(47(15,62)23-63-37)53(16)41(61)72-45(10,11)12/h17,25-33,35-37,48,54-55,57,62H,18-23H2,1-16H3,(H,49,56)(H,50,58)(H,51,59)(H,52,60)/t25-,26+,27+,28-,29+,30+,31-,32+,33+,35+,36+,37+,47-/m0/s1. The molecular formula is C47H82N6O19. The molecule has 4 aliphatic rings. The Kier molecular flexibility index (Phi) is 19.7. The van der Waals surface area contributed by atoms with Gasteiger partial charge in [-0.2, -0.15) is 0 Å². The van der Waals surface area contributed by atoms with Gasteiger partial charge in [-0.3, -0.25) is 10.1 Å². The average Bonchev–Trinajstić information content (AvgIpc) is 3.53. The summed E-state index contributed by atoms with van der Waals surface area (Å²) in [6.07, 6.45) is -15.1. The maximum Gasteiger partial charge on any atom is 0.410 e. The lowest BCUT2D eigenvalue weighted by molar-refractivity contribution is -0.311. The van der Waals surface area contributed by atoms with Crippen LogP contribution in [-0.4, -0.2) is 196 Å². The largest absolute Gasteiger partial charge is 0.466 e. The van der Waals surface area contributed by atoms with E-state index < -0.39 is 138 Å². The molecule has 0 radical (unpaired) electrons. The number of carbonyl (C=O) groups excluding carboxylic acids is 5. The zero-order valence-corrected chi connectivity index (χ0v) is 44.6. The third-order valence-corrected chi connectivity index (χ3v) is 11.0. The summed E-state index contributed by atoms with van der Waals surface area (Å²) in [6.45, 7) is 24.8. The van der Waals surface area contributed by atoms with E-state index in [1.807, 2.05) is 5.32 Å². The van der Waals surface area contributed by atoms with Gasteiger partial charge in [-0.05, 0) is 123 Å². The second-order valence-corrected chi connectivity index (χ2v) is 23.1. The first-order valence-corrected chi connectivity index (χ1v) is 24.1. The van der Waals surface area contributed by atoms with Crippen molar-refractivity contribution in [1.29, 1.82) is 0 Å². The van der Waals surface area contributed by atoms with Crippen molar-refractivity contribution in [2.45, 2.75) is 224 Å². The molecule has 0 aromatic heterocycles. The molecule has 0 bridgehead atoms. The first kappa shape index (κ1) is 60.2. The van der Waals surface area contributed by atoms with Crippen molar-refractivity contribution in [2.24, 2.45) is 0 Å². The SMILES string of the molecule is CN(C(=O)OC(C)(C)C)[C@@H]1[C@@H](O)[C@@H](O[C@@H]2[C@@H](O)[C@H](O[C@H]3OC(CNC[C@H]4COC(C)(C)O4)=CC[C@H]3NC(=O)OC(C)(C)C)[C@@H](NC(=O)OC(C)(C)C)C[C@H]2NC(=O)[C@@H](O)NC(=O)OC(C)(C)C)OC[C@]1(C)O. The van der Waals surface area contributed by atoms with E-state index in [9.17, 15) is 44.4 Å². The van der Waals surface area contributed by atoms with E-state index in [-0.39, 0.29) is 25.5 Å². The monoisotopic (exact) mass is 1030 g/mol. The van der Waals surface area contributed by atoms with Crippen LogP contribution in [0.2, 0.25) is 0 Å². The van der Waals surface area contributed by atoms with Gasteiger partial charge in [0.25, 0.3) is 5.91 Å². The van der Waals surface area contributed by atoms with Crippen molar-refractivity contribution in [3.8, 4) is 0 Å². The zero-order chi connectivity index (χ0) is 54.5. The molecule has 25 heteroatoms. The second kappa shape index (κ2) is 23.5. The molecule has 1 saturated carbocycles. The quantitative estimate of drug-likeness (QED) is 0.0883. The summed E-state index contributed by atoms with van der Waals surface area (Å²) in [5.41, 5.74) is -5.77. The molecule has 414 valence electrons. The molecule has 2 saturated heterocycles. The fraction of sp³-hybridized carbons (Fsp3) is 0.851. The normalized spacial score (nSPS) is 31.4. The Bertz CT molecular complexity index is 1910. The van der Waals surface area contributed by atoms with Gasteiger partial charge in [0, 0.05) is 13.6 Å². The minimum Gasteiger partial charge on any atom is -0.466 e. The lowest BCUT2D eigenvalue weighted by Crippen LogP contribution is -2.71. The molecule has 3 aliphatic heterocycles. The van der Waals surface area contributed by atoms with Crippen LogP contribution in [0.4, 0.5) is 19.2 Å². The summed E-state index contributed by atoms with van der Waals surface area (Å²) < 4.78 is 58.7. The zero-order valence-electron chi connectivity index (χ0n) is 44.6. The highest BCUT2D eigenvalue weighted by Gasteiger charge is 2.55. The number of hydrogen-bond acceptors (Lipinski definition) is 20. The van der Waals surface area contributed by atoms with Gasteiger partial charge in [0.15, 0.2) is 12.1 Å². The molecule has 3 fully saturated rings. The number of ether oxygens (including phenoxy) is 10. The Hall–Kier alpha value is -4.31. The fourth-order valence-electron chi connectivity index (χ4n) is 8.21. The molecule has 72 heavy (non-hydrogen) atoms. The van der Waals surface area contributed by atoms with Gasteiger partial charge >= 0.3 is 24.4 Å². The Balaban J connectivity index is 1.75. The number of rotatable bonds is 14. The predicted octanol–water partition coefficient (Wildman–Crippen LogP) is 1.71. The van der Waals surface area contributed by atoms with Crippen molar-refractivity contribution >= 4 is 30.3 Å². The minimum atomic E-state index is -2.23. The predicted molar refractivity (Wildman–Crippen MR) is 253 cm³/mol. The van der Waals surface area contributed by atoms with E-state index in [0.717, 1.165) is 4.90 Å². The number of hydrogen-bond donors (Lipinski definition) is 9. The molecule has 0 aromatic carbocycles. The molecule has 9 N–H and O–H groups in total. The second-order valence-electron chi connectivity index (χ2n) is 23.1. The summed E-state index contributed by atoms with van der Waals surface area (Å²) in [7, 11) is 1.30. The maximum absolute atomic E-state index is 13.8. The van der Waals surface area contributed by atoms with Gasteiger partial charge in [0.05, 0.1) is 50.0 Å². The summed E-state index contributed by atoms with van der Waals surface area (Å²) in [6, 6.07) is -5.16.